The highest BCUT2D eigenvalue weighted by atomic mass is 15.3. The Morgan fingerprint density at radius 3 is 2.20 bits per heavy atom. The topological polar surface area (TPSA) is 29.0 Å². The highest BCUT2D eigenvalue weighted by Gasteiger charge is 2.26. The summed E-state index contributed by atoms with van der Waals surface area (Å²) in [5.41, 5.74) is 1.33. The molecule has 1 aromatic rings. The van der Waals surface area contributed by atoms with Crippen LogP contribution < -0.4 is 4.90 Å². The van der Waals surface area contributed by atoms with Crippen molar-refractivity contribution in [3.63, 3.8) is 0 Å². The van der Waals surface area contributed by atoms with Crippen molar-refractivity contribution in [3.05, 3.63) is 18.0 Å². The molecule has 0 aliphatic carbocycles. The summed E-state index contributed by atoms with van der Waals surface area (Å²) in [7, 11) is 0. The van der Waals surface area contributed by atoms with Gasteiger partial charge in [-0.05, 0) is 24.3 Å². The molecule has 0 amide bonds. The Kier molecular flexibility index (Phi) is 2.41. The summed E-state index contributed by atoms with van der Waals surface area (Å²) >= 11 is 0. The molecule has 82 valence electrons. The summed E-state index contributed by atoms with van der Waals surface area (Å²) in [6.45, 7) is 9.84. The van der Waals surface area contributed by atoms with Crippen LogP contribution in [-0.4, -0.2) is 22.6 Å². The number of rotatable bonds is 1. The van der Waals surface area contributed by atoms with E-state index in [0.29, 0.717) is 6.04 Å². The van der Waals surface area contributed by atoms with E-state index in [2.05, 4.69) is 42.6 Å². The van der Waals surface area contributed by atoms with E-state index in [1.165, 1.54) is 12.0 Å². The molecule has 1 aliphatic heterocycles. The molecule has 0 spiro atoms. The van der Waals surface area contributed by atoms with Crippen molar-refractivity contribution < 1.29 is 0 Å². The summed E-state index contributed by atoms with van der Waals surface area (Å²) in [4.78, 5) is 11.1. The Labute approximate surface area is 91.5 Å². The van der Waals surface area contributed by atoms with E-state index in [9.17, 15) is 0 Å². The maximum Gasteiger partial charge on any atom is 0.225 e. The molecule has 15 heavy (non-hydrogen) atoms. The van der Waals surface area contributed by atoms with E-state index in [4.69, 9.17) is 0 Å². The fraction of sp³-hybridized carbons (Fsp3) is 0.667. The van der Waals surface area contributed by atoms with Crippen LogP contribution >= 0.6 is 0 Å². The molecule has 1 atom stereocenters. The molecule has 2 heterocycles. The van der Waals surface area contributed by atoms with E-state index in [1.54, 1.807) is 0 Å². The van der Waals surface area contributed by atoms with Crippen LogP contribution in [0.3, 0.4) is 0 Å². The molecular formula is C12H19N3. The summed E-state index contributed by atoms with van der Waals surface area (Å²) in [6, 6.07) is 0.602. The second-order valence-corrected chi connectivity index (χ2v) is 5.35. The molecular weight excluding hydrogens is 186 g/mol. The molecule has 1 aliphatic rings. The molecule has 0 N–H and O–H groups in total. The maximum absolute atomic E-state index is 4.43. The minimum Gasteiger partial charge on any atom is -0.338 e. The van der Waals surface area contributed by atoms with Gasteiger partial charge in [0.25, 0.3) is 0 Å². The van der Waals surface area contributed by atoms with Crippen molar-refractivity contribution in [1.82, 2.24) is 9.97 Å². The lowest BCUT2D eigenvalue weighted by molar-refractivity contribution is 0.469. The lowest BCUT2D eigenvalue weighted by Crippen LogP contribution is -2.46. The largest absolute Gasteiger partial charge is 0.338 e. The molecule has 3 nitrogen and oxygen atoms in total. The van der Waals surface area contributed by atoms with Gasteiger partial charge in [-0.3, -0.25) is 0 Å². The van der Waals surface area contributed by atoms with Crippen molar-refractivity contribution in [2.45, 2.75) is 45.6 Å². The number of anilines is 1. The summed E-state index contributed by atoms with van der Waals surface area (Å²) in [5.74, 6) is 0.877. The molecule has 0 saturated carbocycles. The van der Waals surface area contributed by atoms with Crippen molar-refractivity contribution >= 4 is 5.95 Å². The van der Waals surface area contributed by atoms with Crippen LogP contribution in [0.1, 0.15) is 39.7 Å². The number of aromatic nitrogens is 2. The van der Waals surface area contributed by atoms with Crippen LogP contribution in [0, 0.1) is 0 Å². The van der Waals surface area contributed by atoms with Crippen LogP contribution in [0.2, 0.25) is 0 Å². The summed E-state index contributed by atoms with van der Waals surface area (Å²) in [5, 5.41) is 0. The summed E-state index contributed by atoms with van der Waals surface area (Å²) in [6.07, 6.45) is 5.16. The minimum atomic E-state index is 0.138. The average molecular weight is 205 g/mol. The fourth-order valence-electron chi connectivity index (χ4n) is 1.67. The Balaban J connectivity index is 2.17. The molecule has 0 bridgehead atoms. The molecule has 0 radical (unpaired) electrons. The lowest BCUT2D eigenvalue weighted by Gasteiger charge is -2.38. The second kappa shape index (κ2) is 3.47. The van der Waals surface area contributed by atoms with Crippen molar-refractivity contribution in [2.24, 2.45) is 0 Å². The zero-order chi connectivity index (χ0) is 11.1. The highest BCUT2D eigenvalue weighted by Crippen LogP contribution is 2.25. The van der Waals surface area contributed by atoms with Gasteiger partial charge in [-0.1, -0.05) is 20.8 Å². The van der Waals surface area contributed by atoms with Crippen LogP contribution in [0.15, 0.2) is 12.4 Å². The molecule has 2 rings (SSSR count). The standard InChI is InChI=1S/C12H19N3/c1-9-5-6-15(9)11-13-7-10(8-14-11)12(2,3)4/h7-9H,5-6H2,1-4H3. The maximum atomic E-state index is 4.43. The van der Waals surface area contributed by atoms with Gasteiger partial charge < -0.3 is 4.90 Å². The molecule has 1 saturated heterocycles. The SMILES string of the molecule is CC1CCN1c1ncc(C(C)(C)C)cn1. The molecule has 3 heteroatoms. The van der Waals surface area contributed by atoms with Gasteiger partial charge in [0.1, 0.15) is 0 Å². The highest BCUT2D eigenvalue weighted by molar-refractivity contribution is 5.35. The van der Waals surface area contributed by atoms with Crippen molar-refractivity contribution in [3.8, 4) is 0 Å². The molecule has 1 aromatic heterocycles. The van der Waals surface area contributed by atoms with Gasteiger partial charge in [0.05, 0.1) is 0 Å². The molecule has 0 aromatic carbocycles. The monoisotopic (exact) mass is 205 g/mol. The first-order chi connectivity index (χ1) is 6.98. The van der Waals surface area contributed by atoms with Gasteiger partial charge in [0.2, 0.25) is 5.95 Å². The van der Waals surface area contributed by atoms with E-state index in [0.717, 1.165) is 12.5 Å². The normalized spacial score (nSPS) is 21.3. The zero-order valence-electron chi connectivity index (χ0n) is 9.99. The number of hydrogen-bond donors (Lipinski definition) is 0. The first-order valence-electron chi connectivity index (χ1n) is 5.57. The molecule has 1 unspecified atom stereocenters. The van der Waals surface area contributed by atoms with Gasteiger partial charge in [0.15, 0.2) is 0 Å². The zero-order valence-corrected chi connectivity index (χ0v) is 9.99. The van der Waals surface area contributed by atoms with Gasteiger partial charge in [-0.15, -0.1) is 0 Å². The van der Waals surface area contributed by atoms with E-state index < -0.39 is 0 Å². The minimum absolute atomic E-state index is 0.138. The average Bonchev–Trinajstić information content (AvgIpc) is 2.15. The van der Waals surface area contributed by atoms with Crippen LogP contribution in [-0.2, 0) is 5.41 Å². The second-order valence-electron chi connectivity index (χ2n) is 5.35. The van der Waals surface area contributed by atoms with Gasteiger partial charge >= 0.3 is 0 Å². The predicted molar refractivity (Wildman–Crippen MR) is 62.2 cm³/mol. The van der Waals surface area contributed by atoms with Gasteiger partial charge in [0, 0.05) is 25.0 Å². The third-order valence-electron chi connectivity index (χ3n) is 3.08. The van der Waals surface area contributed by atoms with Crippen molar-refractivity contribution in [2.75, 3.05) is 11.4 Å². The first kappa shape index (κ1) is 10.4. The van der Waals surface area contributed by atoms with Crippen molar-refractivity contribution in [1.29, 1.82) is 0 Å². The van der Waals surface area contributed by atoms with E-state index in [1.807, 2.05) is 12.4 Å². The lowest BCUT2D eigenvalue weighted by atomic mass is 9.89. The quantitative estimate of drug-likeness (QED) is 0.705. The predicted octanol–water partition coefficient (Wildman–Crippen LogP) is 2.37. The third kappa shape index (κ3) is 1.96. The smallest absolute Gasteiger partial charge is 0.225 e. The van der Waals surface area contributed by atoms with Crippen LogP contribution in [0.25, 0.3) is 0 Å². The number of hydrogen-bond acceptors (Lipinski definition) is 3. The Morgan fingerprint density at radius 1 is 1.27 bits per heavy atom. The Bertz CT molecular complexity index is 337. The van der Waals surface area contributed by atoms with E-state index >= 15 is 0 Å². The van der Waals surface area contributed by atoms with Gasteiger partial charge in [-0.2, -0.15) is 0 Å². The first-order valence-corrected chi connectivity index (χ1v) is 5.57. The Hall–Kier alpha value is -1.12. The van der Waals surface area contributed by atoms with E-state index in [-0.39, 0.29) is 5.41 Å². The fourth-order valence-corrected chi connectivity index (χ4v) is 1.67. The third-order valence-corrected chi connectivity index (χ3v) is 3.08. The number of nitrogens with zero attached hydrogens (tertiary/aromatic N) is 3. The van der Waals surface area contributed by atoms with Crippen LogP contribution in [0.4, 0.5) is 5.95 Å². The molecule has 1 fully saturated rings. The van der Waals surface area contributed by atoms with Crippen LogP contribution in [0.5, 0.6) is 0 Å². The summed E-state index contributed by atoms with van der Waals surface area (Å²) < 4.78 is 0. The Morgan fingerprint density at radius 2 is 1.87 bits per heavy atom. The van der Waals surface area contributed by atoms with Gasteiger partial charge in [-0.25, -0.2) is 9.97 Å².